The summed E-state index contributed by atoms with van der Waals surface area (Å²) in [4.78, 5) is 28.5. The molecule has 1 aliphatic rings. The molecule has 5 nitrogen and oxygen atoms in total. The lowest BCUT2D eigenvalue weighted by atomic mass is 9.95. The highest BCUT2D eigenvalue weighted by molar-refractivity contribution is 6.44. The van der Waals surface area contributed by atoms with E-state index in [1.165, 1.54) is 6.07 Å². The Morgan fingerprint density at radius 2 is 1.77 bits per heavy atom. The van der Waals surface area contributed by atoms with Crippen molar-refractivity contribution in [2.45, 2.75) is 0 Å². The standard InChI is InChI=1S/C17H13NO4/c19-14-9-5-4-8-13(14)18-15-12(10-22-17(15)21)16(20)11-6-2-1-3-7-11/h1-9,12,19H,10H2. The van der Waals surface area contributed by atoms with Crippen LogP contribution in [0.3, 0.4) is 0 Å². The van der Waals surface area contributed by atoms with Crippen molar-refractivity contribution < 1.29 is 19.4 Å². The fourth-order valence-electron chi connectivity index (χ4n) is 2.27. The van der Waals surface area contributed by atoms with E-state index >= 15 is 0 Å². The fraction of sp³-hybridized carbons (Fsp3) is 0.118. The predicted octanol–water partition coefficient (Wildman–Crippen LogP) is 2.52. The van der Waals surface area contributed by atoms with Crippen molar-refractivity contribution in [2.24, 2.45) is 10.9 Å². The molecule has 1 aliphatic heterocycles. The van der Waals surface area contributed by atoms with Crippen molar-refractivity contribution in [1.82, 2.24) is 0 Å². The van der Waals surface area contributed by atoms with Gasteiger partial charge in [-0.25, -0.2) is 9.79 Å². The number of rotatable bonds is 3. The molecule has 1 atom stereocenters. The van der Waals surface area contributed by atoms with Crippen LogP contribution >= 0.6 is 0 Å². The molecule has 1 saturated heterocycles. The monoisotopic (exact) mass is 295 g/mol. The van der Waals surface area contributed by atoms with Crippen LogP contribution in [-0.2, 0) is 9.53 Å². The summed E-state index contributed by atoms with van der Waals surface area (Å²) in [7, 11) is 0. The highest BCUT2D eigenvalue weighted by atomic mass is 16.5. The smallest absolute Gasteiger partial charge is 0.353 e. The van der Waals surface area contributed by atoms with Gasteiger partial charge in [-0.05, 0) is 12.1 Å². The highest BCUT2D eigenvalue weighted by Gasteiger charge is 2.38. The summed E-state index contributed by atoms with van der Waals surface area (Å²) < 4.78 is 4.96. The van der Waals surface area contributed by atoms with Crippen molar-refractivity contribution >= 4 is 23.2 Å². The third-order valence-corrected chi connectivity index (χ3v) is 3.42. The Bertz CT molecular complexity index is 752. The van der Waals surface area contributed by atoms with Gasteiger partial charge in [0, 0.05) is 5.56 Å². The molecule has 0 radical (unpaired) electrons. The van der Waals surface area contributed by atoms with Gasteiger partial charge in [0.05, 0.1) is 0 Å². The molecule has 22 heavy (non-hydrogen) atoms. The van der Waals surface area contributed by atoms with E-state index in [-0.39, 0.29) is 29.5 Å². The van der Waals surface area contributed by atoms with Gasteiger partial charge in [-0.3, -0.25) is 4.79 Å². The average molecular weight is 295 g/mol. The SMILES string of the molecule is O=C1OCC(C(=O)c2ccccc2)C1=Nc1ccccc1O. The number of nitrogens with zero attached hydrogens (tertiary/aromatic N) is 1. The first-order valence-corrected chi connectivity index (χ1v) is 6.80. The minimum atomic E-state index is -0.755. The van der Waals surface area contributed by atoms with Gasteiger partial charge in [0.2, 0.25) is 0 Å². The maximum Gasteiger partial charge on any atom is 0.353 e. The molecule has 3 rings (SSSR count). The molecule has 1 fully saturated rings. The molecule has 110 valence electrons. The van der Waals surface area contributed by atoms with Crippen LogP contribution in [0.15, 0.2) is 59.6 Å². The number of phenolic OH excluding ortho intramolecular Hbond substituents is 1. The minimum absolute atomic E-state index is 0.0235. The largest absolute Gasteiger partial charge is 0.506 e. The second-order valence-corrected chi connectivity index (χ2v) is 4.87. The molecule has 0 aliphatic carbocycles. The van der Waals surface area contributed by atoms with Crippen LogP contribution in [0.2, 0.25) is 0 Å². The molecule has 2 aromatic carbocycles. The molecule has 0 amide bonds. The van der Waals surface area contributed by atoms with E-state index in [4.69, 9.17) is 4.74 Å². The maximum absolute atomic E-state index is 12.5. The molecule has 1 heterocycles. The first-order chi connectivity index (χ1) is 10.7. The first kappa shape index (κ1) is 14.0. The summed E-state index contributed by atoms with van der Waals surface area (Å²) in [5.74, 6) is -1.66. The number of aromatic hydroxyl groups is 1. The number of carbonyl (C=O) groups excluding carboxylic acids is 2. The number of carbonyl (C=O) groups is 2. The molecule has 1 unspecified atom stereocenters. The van der Waals surface area contributed by atoms with Gasteiger partial charge in [0.1, 0.15) is 29.7 Å². The van der Waals surface area contributed by atoms with E-state index in [0.29, 0.717) is 5.56 Å². The summed E-state index contributed by atoms with van der Waals surface area (Å²) in [5, 5.41) is 9.75. The van der Waals surface area contributed by atoms with Crippen LogP contribution in [0, 0.1) is 5.92 Å². The summed E-state index contributed by atoms with van der Waals surface area (Å²) in [5.41, 5.74) is 0.758. The van der Waals surface area contributed by atoms with Crippen LogP contribution in [0.4, 0.5) is 5.69 Å². The number of ketones is 1. The molecule has 5 heteroatoms. The molecular formula is C17H13NO4. The molecule has 0 aromatic heterocycles. The maximum atomic E-state index is 12.5. The molecule has 2 aromatic rings. The summed E-state index contributed by atoms with van der Waals surface area (Å²) in [6.45, 7) is -0.0288. The topological polar surface area (TPSA) is 76.0 Å². The van der Waals surface area contributed by atoms with Gasteiger partial charge in [0.25, 0.3) is 0 Å². The predicted molar refractivity (Wildman–Crippen MR) is 80.4 cm³/mol. The van der Waals surface area contributed by atoms with Gasteiger partial charge >= 0.3 is 5.97 Å². The van der Waals surface area contributed by atoms with Gasteiger partial charge in [-0.15, -0.1) is 0 Å². The lowest BCUT2D eigenvalue weighted by molar-refractivity contribution is -0.132. The Hall–Kier alpha value is -2.95. The first-order valence-electron chi connectivity index (χ1n) is 6.80. The summed E-state index contributed by atoms with van der Waals surface area (Å²) in [6, 6.07) is 15.1. The van der Waals surface area contributed by atoms with Gasteiger partial charge in [0.15, 0.2) is 5.78 Å². The average Bonchev–Trinajstić information content (AvgIpc) is 2.91. The zero-order valence-electron chi connectivity index (χ0n) is 11.6. The molecular weight excluding hydrogens is 282 g/mol. The van der Waals surface area contributed by atoms with E-state index in [2.05, 4.69) is 4.99 Å². The van der Waals surface area contributed by atoms with Gasteiger partial charge in [-0.1, -0.05) is 42.5 Å². The molecule has 0 bridgehead atoms. The lowest BCUT2D eigenvalue weighted by Crippen LogP contribution is -2.24. The number of aliphatic imine (C=N–C) groups is 1. The van der Waals surface area contributed by atoms with E-state index in [0.717, 1.165) is 0 Å². The van der Waals surface area contributed by atoms with Crippen LogP contribution in [0.1, 0.15) is 10.4 Å². The van der Waals surface area contributed by atoms with E-state index in [9.17, 15) is 14.7 Å². The highest BCUT2D eigenvalue weighted by Crippen LogP contribution is 2.28. The Kier molecular flexibility index (Phi) is 3.70. The zero-order chi connectivity index (χ0) is 15.5. The van der Waals surface area contributed by atoms with Crippen molar-refractivity contribution in [3.63, 3.8) is 0 Å². The number of phenols is 1. The van der Waals surface area contributed by atoms with Gasteiger partial charge in [-0.2, -0.15) is 0 Å². The van der Waals surface area contributed by atoms with Crippen molar-refractivity contribution in [3.05, 3.63) is 60.2 Å². The lowest BCUT2D eigenvalue weighted by Gasteiger charge is -2.07. The normalized spacial score (nSPS) is 19.2. The minimum Gasteiger partial charge on any atom is -0.506 e. The summed E-state index contributed by atoms with van der Waals surface area (Å²) >= 11 is 0. The number of Topliss-reactive ketones (excluding diaryl/α,β-unsaturated/α-hetero) is 1. The quantitative estimate of drug-likeness (QED) is 0.697. The van der Waals surface area contributed by atoms with E-state index in [1.54, 1.807) is 42.5 Å². The second kappa shape index (κ2) is 5.81. The summed E-state index contributed by atoms with van der Waals surface area (Å²) in [6.07, 6.45) is 0. The number of hydrogen-bond acceptors (Lipinski definition) is 5. The fourth-order valence-corrected chi connectivity index (χ4v) is 2.27. The zero-order valence-corrected chi connectivity index (χ0v) is 11.6. The molecule has 0 saturated carbocycles. The Morgan fingerprint density at radius 1 is 1.09 bits per heavy atom. The van der Waals surface area contributed by atoms with E-state index in [1.807, 2.05) is 6.07 Å². The van der Waals surface area contributed by atoms with Crippen molar-refractivity contribution in [1.29, 1.82) is 0 Å². The molecule has 1 N–H and O–H groups in total. The van der Waals surface area contributed by atoms with Crippen molar-refractivity contribution in [3.8, 4) is 5.75 Å². The molecule has 0 spiro atoms. The third kappa shape index (κ3) is 2.61. The number of para-hydroxylation sites is 2. The Morgan fingerprint density at radius 3 is 2.50 bits per heavy atom. The number of ether oxygens (including phenoxy) is 1. The number of benzene rings is 2. The van der Waals surface area contributed by atoms with Crippen LogP contribution < -0.4 is 0 Å². The van der Waals surface area contributed by atoms with E-state index < -0.39 is 11.9 Å². The van der Waals surface area contributed by atoms with Crippen LogP contribution in [0.25, 0.3) is 0 Å². The Balaban J connectivity index is 1.97. The Labute approximate surface area is 126 Å². The van der Waals surface area contributed by atoms with Crippen LogP contribution in [-0.4, -0.2) is 29.2 Å². The number of esters is 1. The second-order valence-electron chi connectivity index (χ2n) is 4.87. The third-order valence-electron chi connectivity index (χ3n) is 3.42. The van der Waals surface area contributed by atoms with Gasteiger partial charge < -0.3 is 9.84 Å². The number of cyclic esters (lactones) is 1. The van der Waals surface area contributed by atoms with Crippen molar-refractivity contribution in [2.75, 3.05) is 6.61 Å². The number of hydrogen-bond donors (Lipinski definition) is 1. The van der Waals surface area contributed by atoms with Crippen LogP contribution in [0.5, 0.6) is 5.75 Å².